The molecule has 34 heavy (non-hydrogen) atoms. The van der Waals surface area contributed by atoms with Crippen LogP contribution < -0.4 is 19.3 Å². The van der Waals surface area contributed by atoms with Gasteiger partial charge in [0.25, 0.3) is 0 Å². The Labute approximate surface area is 200 Å². The molecule has 2 aromatic rings. The fourth-order valence-corrected chi connectivity index (χ4v) is 3.98. The number of aliphatic carboxylic acids is 1. The molecule has 0 saturated carbocycles. The molecule has 1 aliphatic rings. The van der Waals surface area contributed by atoms with E-state index in [4.69, 9.17) is 18.9 Å². The second-order valence-electron chi connectivity index (χ2n) is 6.74. The van der Waals surface area contributed by atoms with Gasteiger partial charge < -0.3 is 34.0 Å². The second-order valence-corrected chi connectivity index (χ2v) is 7.77. The van der Waals surface area contributed by atoms with Gasteiger partial charge in [0, 0.05) is 0 Å². The molecule has 10 heteroatoms. The van der Waals surface area contributed by atoms with Gasteiger partial charge in [0.15, 0.2) is 11.5 Å². The number of carbonyl (C=O) groups is 2. The maximum Gasteiger partial charge on any atom is 0.344 e. The van der Waals surface area contributed by atoms with Gasteiger partial charge in [-0.25, -0.2) is 9.79 Å². The zero-order valence-electron chi connectivity index (χ0n) is 18.7. The lowest BCUT2D eigenvalue weighted by atomic mass is 10.1. The maximum absolute atomic E-state index is 12.6. The van der Waals surface area contributed by atoms with E-state index in [1.54, 1.807) is 56.5 Å². The van der Waals surface area contributed by atoms with Crippen molar-refractivity contribution in [3.05, 3.63) is 64.3 Å². The minimum absolute atomic E-state index is 0.0326. The third-order valence-electron chi connectivity index (χ3n) is 4.50. The van der Waals surface area contributed by atoms with Crippen LogP contribution in [0, 0.1) is 0 Å². The number of benzene rings is 2. The molecular weight excluding hydrogens is 462 g/mol. The van der Waals surface area contributed by atoms with E-state index in [9.17, 15) is 19.8 Å². The number of thioether (sulfide) groups is 1. The highest BCUT2D eigenvalue weighted by atomic mass is 32.2. The van der Waals surface area contributed by atoms with Crippen molar-refractivity contribution in [1.29, 1.82) is 0 Å². The molecule has 0 bridgehead atoms. The number of carbonyl (C=O) groups excluding carboxylic acids is 2. The van der Waals surface area contributed by atoms with Gasteiger partial charge in [0.05, 0.1) is 37.4 Å². The van der Waals surface area contributed by atoms with Crippen LogP contribution in [0.4, 0.5) is 5.69 Å². The Morgan fingerprint density at radius 2 is 1.82 bits per heavy atom. The van der Waals surface area contributed by atoms with Crippen molar-refractivity contribution < 1.29 is 38.7 Å². The van der Waals surface area contributed by atoms with Crippen molar-refractivity contribution in [1.82, 2.24) is 0 Å². The fraction of sp³-hybridized carbons (Fsp3) is 0.208. The zero-order valence-corrected chi connectivity index (χ0v) is 19.5. The van der Waals surface area contributed by atoms with E-state index in [-0.39, 0.29) is 28.7 Å². The first-order chi connectivity index (χ1) is 16.4. The van der Waals surface area contributed by atoms with E-state index in [1.165, 1.54) is 13.2 Å². The Hall–Kier alpha value is -3.92. The average Bonchev–Trinajstić information content (AvgIpc) is 3.12. The van der Waals surface area contributed by atoms with Crippen LogP contribution in [-0.2, 0) is 14.3 Å². The number of aliphatic hydroxyl groups excluding tert-OH is 1. The molecule has 9 nitrogen and oxygen atoms in total. The normalized spacial score (nSPS) is 15.5. The van der Waals surface area contributed by atoms with E-state index in [1.807, 2.05) is 0 Å². The number of aliphatic hydroxyl groups is 1. The number of carboxylic acid groups (broad SMARTS) is 1. The molecule has 0 fully saturated rings. The fourth-order valence-electron chi connectivity index (χ4n) is 2.95. The molecule has 0 aromatic heterocycles. The van der Waals surface area contributed by atoms with Crippen LogP contribution in [0.15, 0.2) is 63.7 Å². The summed E-state index contributed by atoms with van der Waals surface area (Å²) in [6.45, 7) is 1.19. The second kappa shape index (κ2) is 11.3. The van der Waals surface area contributed by atoms with Crippen LogP contribution >= 0.6 is 11.8 Å². The topological polar surface area (TPSA) is 127 Å². The minimum atomic E-state index is -1.36. The van der Waals surface area contributed by atoms with E-state index >= 15 is 0 Å². The van der Waals surface area contributed by atoms with Gasteiger partial charge in [-0.1, -0.05) is 17.8 Å². The average molecular weight is 485 g/mol. The van der Waals surface area contributed by atoms with Gasteiger partial charge in [-0.3, -0.25) is 0 Å². The smallest absolute Gasteiger partial charge is 0.344 e. The molecule has 0 unspecified atom stereocenters. The largest absolute Gasteiger partial charge is 0.546 e. The summed E-state index contributed by atoms with van der Waals surface area (Å²) in [6, 6.07) is 11.7. The Kier molecular flexibility index (Phi) is 8.20. The van der Waals surface area contributed by atoms with Crippen LogP contribution in [0.5, 0.6) is 17.2 Å². The van der Waals surface area contributed by atoms with Crippen molar-refractivity contribution in [3.63, 3.8) is 0 Å². The highest BCUT2D eigenvalue weighted by Crippen LogP contribution is 2.41. The third-order valence-corrected chi connectivity index (χ3v) is 5.52. The maximum atomic E-state index is 12.6. The lowest BCUT2D eigenvalue weighted by molar-refractivity contribution is -0.307. The first-order valence-electron chi connectivity index (χ1n) is 10.1. The summed E-state index contributed by atoms with van der Waals surface area (Å²) in [6.07, 6.45) is 1.64. The van der Waals surface area contributed by atoms with Gasteiger partial charge in [0.1, 0.15) is 28.7 Å². The molecule has 178 valence electrons. The zero-order chi connectivity index (χ0) is 24.7. The van der Waals surface area contributed by atoms with Gasteiger partial charge in [-0.15, -0.1) is 0 Å². The van der Waals surface area contributed by atoms with Gasteiger partial charge in [0.2, 0.25) is 0 Å². The minimum Gasteiger partial charge on any atom is -0.546 e. The molecule has 1 heterocycles. The van der Waals surface area contributed by atoms with E-state index < -0.39 is 18.5 Å². The van der Waals surface area contributed by atoms with Crippen molar-refractivity contribution in [2.45, 2.75) is 6.92 Å². The van der Waals surface area contributed by atoms with Crippen LogP contribution in [0.2, 0.25) is 0 Å². The number of aliphatic imine (C=N–C) groups is 1. The first kappa shape index (κ1) is 24.7. The molecule has 1 N–H and O–H groups in total. The van der Waals surface area contributed by atoms with Crippen molar-refractivity contribution in [3.8, 4) is 17.2 Å². The summed E-state index contributed by atoms with van der Waals surface area (Å²) < 4.78 is 20.7. The van der Waals surface area contributed by atoms with Crippen molar-refractivity contribution in [2.24, 2.45) is 4.99 Å². The summed E-state index contributed by atoms with van der Waals surface area (Å²) in [4.78, 5) is 28.1. The molecule has 3 rings (SSSR count). The third kappa shape index (κ3) is 5.90. The summed E-state index contributed by atoms with van der Waals surface area (Å²) >= 11 is 1.11. The number of esters is 1. The summed E-state index contributed by atoms with van der Waals surface area (Å²) in [5.41, 5.74) is 1.14. The molecule has 0 atom stereocenters. The monoisotopic (exact) mass is 484 g/mol. The number of hydrogen-bond donors (Lipinski definition) is 1. The number of nitrogens with zero attached hydrogens (tertiary/aromatic N) is 1. The van der Waals surface area contributed by atoms with E-state index in [2.05, 4.69) is 4.99 Å². The Morgan fingerprint density at radius 3 is 2.44 bits per heavy atom. The molecule has 0 spiro atoms. The predicted molar refractivity (Wildman–Crippen MR) is 125 cm³/mol. The lowest BCUT2D eigenvalue weighted by Crippen LogP contribution is -2.29. The van der Waals surface area contributed by atoms with Crippen LogP contribution in [0.3, 0.4) is 0 Å². The predicted octanol–water partition coefficient (Wildman–Crippen LogP) is 3.03. The van der Waals surface area contributed by atoms with Crippen molar-refractivity contribution >= 4 is 40.5 Å². The van der Waals surface area contributed by atoms with Crippen LogP contribution in [0.25, 0.3) is 6.08 Å². The molecule has 1 aliphatic heterocycles. The number of rotatable bonds is 9. The van der Waals surface area contributed by atoms with Gasteiger partial charge in [-0.05, 0) is 55.0 Å². The number of methoxy groups -OCH3 is 2. The summed E-state index contributed by atoms with van der Waals surface area (Å²) in [5.74, 6) is -1.13. The van der Waals surface area contributed by atoms with E-state index in [0.717, 1.165) is 11.8 Å². The summed E-state index contributed by atoms with van der Waals surface area (Å²) in [7, 11) is 2.97. The standard InChI is InChI=1S/C24H23NO8S/c1-4-32-24(29)21-22(28)19(34-23(21)25-15-6-8-16(30-2)9-7-15)12-14-5-10-17(18(11-14)31-3)33-13-20(26)27/h5-12,28H,4,13H2,1-3H3,(H,26,27)/p-1/b19-12-,25-23?. The Morgan fingerprint density at radius 1 is 1.09 bits per heavy atom. The summed E-state index contributed by atoms with van der Waals surface area (Å²) in [5, 5.41) is 21.8. The molecule has 0 aliphatic carbocycles. The first-order valence-corrected chi connectivity index (χ1v) is 10.9. The number of carboxylic acids is 1. The van der Waals surface area contributed by atoms with Crippen molar-refractivity contribution in [2.75, 3.05) is 27.4 Å². The quantitative estimate of drug-likeness (QED) is 0.534. The number of hydrogen-bond acceptors (Lipinski definition) is 10. The SMILES string of the molecule is CCOC(=O)C1=C(O)/C(=C/c2ccc(OCC(=O)[O-])c(OC)c2)SC1=Nc1ccc(OC)cc1. The van der Waals surface area contributed by atoms with E-state index in [0.29, 0.717) is 27.7 Å². The van der Waals surface area contributed by atoms with Crippen LogP contribution in [-0.4, -0.2) is 49.5 Å². The Bertz CT molecular complexity index is 1170. The highest BCUT2D eigenvalue weighted by molar-refractivity contribution is 8.18. The molecule has 0 radical (unpaired) electrons. The highest BCUT2D eigenvalue weighted by Gasteiger charge is 2.33. The Balaban J connectivity index is 1.97. The molecular formula is C24H22NO8S-. The van der Waals surface area contributed by atoms with Gasteiger partial charge in [-0.2, -0.15) is 0 Å². The molecule has 2 aromatic carbocycles. The molecule has 0 amide bonds. The molecule has 0 saturated heterocycles. The van der Waals surface area contributed by atoms with Gasteiger partial charge >= 0.3 is 5.97 Å². The lowest BCUT2D eigenvalue weighted by Gasteiger charge is -2.11. The van der Waals surface area contributed by atoms with Crippen LogP contribution in [0.1, 0.15) is 12.5 Å². The number of ether oxygens (including phenoxy) is 4.